The van der Waals surface area contributed by atoms with Crippen LogP contribution in [0.15, 0.2) is 0 Å². The van der Waals surface area contributed by atoms with Crippen molar-refractivity contribution in [2.45, 2.75) is 44.8 Å². The first-order valence-electron chi connectivity index (χ1n) is 4.77. The van der Waals surface area contributed by atoms with Crippen molar-refractivity contribution in [1.82, 2.24) is 0 Å². The minimum atomic E-state index is -4.03. The largest absolute Gasteiger partial charge is 0.392 e. The second-order valence-corrected chi connectivity index (χ2v) is 3.89. The van der Waals surface area contributed by atoms with Crippen LogP contribution in [0.4, 0.5) is 13.2 Å². The molecule has 13 heavy (non-hydrogen) atoms. The van der Waals surface area contributed by atoms with Gasteiger partial charge in [0.2, 0.25) is 0 Å². The highest BCUT2D eigenvalue weighted by molar-refractivity contribution is 4.84. The third-order valence-electron chi connectivity index (χ3n) is 2.97. The molecular formula is C9H16F3N. The van der Waals surface area contributed by atoms with Gasteiger partial charge in [0.15, 0.2) is 0 Å². The monoisotopic (exact) mass is 195 g/mol. The summed E-state index contributed by atoms with van der Waals surface area (Å²) in [4.78, 5) is 0. The van der Waals surface area contributed by atoms with Crippen LogP contribution in [0, 0.1) is 11.8 Å². The number of hydrogen-bond acceptors (Lipinski definition) is 1. The van der Waals surface area contributed by atoms with Crippen LogP contribution in [0.2, 0.25) is 0 Å². The van der Waals surface area contributed by atoms with Gasteiger partial charge in [-0.2, -0.15) is 13.2 Å². The Balaban J connectivity index is 2.63. The zero-order valence-electron chi connectivity index (χ0n) is 7.77. The smallest absolute Gasteiger partial charge is 0.328 e. The van der Waals surface area contributed by atoms with Crippen molar-refractivity contribution in [2.24, 2.45) is 17.6 Å². The van der Waals surface area contributed by atoms with Crippen LogP contribution in [0.1, 0.15) is 32.6 Å². The van der Waals surface area contributed by atoms with E-state index in [-0.39, 0.29) is 18.4 Å². The molecule has 3 unspecified atom stereocenters. The Morgan fingerprint density at radius 3 is 2.38 bits per heavy atom. The van der Waals surface area contributed by atoms with Gasteiger partial charge in [-0.05, 0) is 25.2 Å². The van der Waals surface area contributed by atoms with Crippen LogP contribution < -0.4 is 5.73 Å². The summed E-state index contributed by atoms with van der Waals surface area (Å²) < 4.78 is 37.4. The molecule has 1 fully saturated rings. The Morgan fingerprint density at radius 1 is 1.31 bits per heavy atom. The summed E-state index contributed by atoms with van der Waals surface area (Å²) in [5.41, 5.74) is 5.64. The third kappa shape index (κ3) is 2.59. The molecule has 0 saturated heterocycles. The highest BCUT2D eigenvalue weighted by Crippen LogP contribution is 2.42. The molecule has 0 aromatic rings. The van der Waals surface area contributed by atoms with Crippen LogP contribution in [-0.4, -0.2) is 12.2 Å². The summed E-state index contributed by atoms with van der Waals surface area (Å²) in [5, 5.41) is 0. The predicted octanol–water partition coefficient (Wildman–Crippen LogP) is 2.70. The maximum Gasteiger partial charge on any atom is 0.392 e. The third-order valence-corrected chi connectivity index (χ3v) is 2.97. The molecule has 0 bridgehead atoms. The first-order chi connectivity index (χ1) is 5.95. The van der Waals surface area contributed by atoms with E-state index in [1.165, 1.54) is 0 Å². The standard InChI is InChI=1S/C9H16F3N/c1-2-6-5-7(13)3-4-8(6)9(10,11)12/h6-8H,2-5,13H2,1H3. The topological polar surface area (TPSA) is 26.0 Å². The molecule has 0 amide bonds. The van der Waals surface area contributed by atoms with Gasteiger partial charge >= 0.3 is 6.18 Å². The van der Waals surface area contributed by atoms with Gasteiger partial charge < -0.3 is 5.73 Å². The lowest BCUT2D eigenvalue weighted by Crippen LogP contribution is -2.39. The fourth-order valence-corrected chi connectivity index (χ4v) is 2.18. The first kappa shape index (κ1) is 10.8. The molecule has 4 heteroatoms. The maximum absolute atomic E-state index is 12.5. The average Bonchev–Trinajstić information content (AvgIpc) is 2.01. The van der Waals surface area contributed by atoms with E-state index in [1.807, 2.05) is 0 Å². The van der Waals surface area contributed by atoms with Crippen LogP contribution in [0.3, 0.4) is 0 Å². The van der Waals surface area contributed by atoms with Crippen LogP contribution >= 0.6 is 0 Å². The summed E-state index contributed by atoms with van der Waals surface area (Å²) in [6.45, 7) is 1.81. The second kappa shape index (κ2) is 3.86. The number of alkyl halides is 3. The molecule has 0 heterocycles. The van der Waals surface area contributed by atoms with Crippen molar-refractivity contribution in [3.63, 3.8) is 0 Å². The molecule has 1 saturated carbocycles. The highest BCUT2D eigenvalue weighted by atomic mass is 19.4. The van der Waals surface area contributed by atoms with Crippen molar-refractivity contribution in [3.05, 3.63) is 0 Å². The van der Waals surface area contributed by atoms with Gasteiger partial charge in [-0.15, -0.1) is 0 Å². The fourth-order valence-electron chi connectivity index (χ4n) is 2.18. The van der Waals surface area contributed by atoms with Gasteiger partial charge in [-0.1, -0.05) is 13.3 Å². The predicted molar refractivity (Wildman–Crippen MR) is 45.2 cm³/mol. The van der Waals surface area contributed by atoms with Gasteiger partial charge in [0.1, 0.15) is 0 Å². The quantitative estimate of drug-likeness (QED) is 0.684. The highest BCUT2D eigenvalue weighted by Gasteiger charge is 2.45. The summed E-state index contributed by atoms with van der Waals surface area (Å²) in [6.07, 6.45) is -2.19. The van der Waals surface area contributed by atoms with Crippen molar-refractivity contribution in [2.75, 3.05) is 0 Å². The molecule has 1 rings (SSSR count). The van der Waals surface area contributed by atoms with Gasteiger partial charge in [0.25, 0.3) is 0 Å². The Morgan fingerprint density at radius 2 is 1.92 bits per heavy atom. The molecule has 1 aliphatic carbocycles. The van der Waals surface area contributed by atoms with Crippen molar-refractivity contribution < 1.29 is 13.2 Å². The minimum Gasteiger partial charge on any atom is -0.328 e. The second-order valence-electron chi connectivity index (χ2n) is 3.89. The van der Waals surface area contributed by atoms with Gasteiger partial charge in [-0.3, -0.25) is 0 Å². The zero-order chi connectivity index (χ0) is 10.1. The Bertz CT molecular complexity index is 167. The molecule has 1 aliphatic rings. The lowest BCUT2D eigenvalue weighted by molar-refractivity contribution is -0.197. The Labute approximate surface area is 76.5 Å². The number of halogens is 3. The van der Waals surface area contributed by atoms with E-state index in [0.29, 0.717) is 19.3 Å². The SMILES string of the molecule is CCC1CC(N)CCC1C(F)(F)F. The van der Waals surface area contributed by atoms with Crippen LogP contribution in [0.25, 0.3) is 0 Å². The van der Waals surface area contributed by atoms with Crippen LogP contribution in [0.5, 0.6) is 0 Å². The summed E-state index contributed by atoms with van der Waals surface area (Å²) in [5.74, 6) is -1.37. The van der Waals surface area contributed by atoms with Crippen molar-refractivity contribution in [3.8, 4) is 0 Å². The average molecular weight is 195 g/mol. The molecular weight excluding hydrogens is 179 g/mol. The van der Waals surface area contributed by atoms with Gasteiger partial charge in [0.05, 0.1) is 5.92 Å². The molecule has 0 aromatic carbocycles. The van der Waals surface area contributed by atoms with Gasteiger partial charge in [-0.25, -0.2) is 0 Å². The van der Waals surface area contributed by atoms with E-state index in [0.717, 1.165) is 0 Å². The first-order valence-corrected chi connectivity index (χ1v) is 4.77. The van der Waals surface area contributed by atoms with Crippen LogP contribution in [-0.2, 0) is 0 Å². The summed E-state index contributed by atoms with van der Waals surface area (Å²) >= 11 is 0. The van der Waals surface area contributed by atoms with Crippen molar-refractivity contribution >= 4 is 0 Å². The summed E-state index contributed by atoms with van der Waals surface area (Å²) in [7, 11) is 0. The Kier molecular flexibility index (Phi) is 3.22. The van der Waals surface area contributed by atoms with E-state index in [1.54, 1.807) is 6.92 Å². The van der Waals surface area contributed by atoms with E-state index < -0.39 is 12.1 Å². The Hall–Kier alpha value is -0.250. The minimum absolute atomic E-state index is 0.0245. The number of rotatable bonds is 1. The lowest BCUT2D eigenvalue weighted by atomic mass is 9.75. The fraction of sp³-hybridized carbons (Fsp3) is 1.00. The summed E-state index contributed by atoms with van der Waals surface area (Å²) in [6, 6.07) is -0.0245. The van der Waals surface area contributed by atoms with E-state index in [2.05, 4.69) is 0 Å². The van der Waals surface area contributed by atoms with E-state index >= 15 is 0 Å². The zero-order valence-corrected chi connectivity index (χ0v) is 7.77. The van der Waals surface area contributed by atoms with Gasteiger partial charge in [0, 0.05) is 6.04 Å². The molecule has 0 aromatic heterocycles. The molecule has 2 N–H and O–H groups in total. The molecule has 0 aliphatic heterocycles. The molecule has 0 radical (unpaired) electrons. The normalized spacial score (nSPS) is 36.2. The molecule has 3 atom stereocenters. The lowest BCUT2D eigenvalue weighted by Gasteiger charge is -2.35. The molecule has 0 spiro atoms. The molecule has 1 nitrogen and oxygen atoms in total. The maximum atomic E-state index is 12.5. The van der Waals surface area contributed by atoms with Crippen molar-refractivity contribution in [1.29, 1.82) is 0 Å². The van der Waals surface area contributed by atoms with E-state index in [4.69, 9.17) is 5.73 Å². The molecule has 78 valence electrons. The van der Waals surface area contributed by atoms with E-state index in [9.17, 15) is 13.2 Å². The number of nitrogens with two attached hydrogens (primary N) is 1. The number of hydrogen-bond donors (Lipinski definition) is 1.